The van der Waals surface area contributed by atoms with Crippen LogP contribution in [0.1, 0.15) is 12.3 Å². The molecule has 0 N–H and O–H groups in total. The molecule has 13 aromatic rings. The van der Waals surface area contributed by atoms with E-state index >= 15 is 0 Å². The lowest BCUT2D eigenvalue weighted by Crippen LogP contribution is -2.06. The van der Waals surface area contributed by atoms with E-state index < -0.39 is 18.1 Å². The summed E-state index contributed by atoms with van der Waals surface area (Å²) in [5, 5.41) is 4.72. The second-order valence-corrected chi connectivity index (χ2v) is 15.3. The lowest BCUT2D eigenvalue weighted by molar-refractivity contribution is 0.669. The molecule has 6 heteroatoms. The molecule has 0 saturated heterocycles. The molecule has 0 radical (unpaired) electrons. The smallest absolute Gasteiger partial charge is 0.238 e. The Morgan fingerprint density at radius 2 is 1.05 bits per heavy atom. The highest BCUT2D eigenvalue weighted by atomic mass is 16.3. The van der Waals surface area contributed by atoms with Gasteiger partial charge in [-0.2, -0.15) is 9.97 Å². The molecule has 13 rings (SSSR count). The highest BCUT2D eigenvalue weighted by Crippen LogP contribution is 2.42. The first-order valence-corrected chi connectivity index (χ1v) is 20.4. The van der Waals surface area contributed by atoms with Crippen LogP contribution in [0.2, 0.25) is 0 Å². The number of furan rings is 2. The molecule has 0 aliphatic carbocycles. The largest absolute Gasteiger partial charge is 0.456 e. The fraction of sp³-hybridized carbons (Fsp3) is 0. The van der Waals surface area contributed by atoms with Crippen LogP contribution in [0.4, 0.5) is 0 Å². The minimum atomic E-state index is -0.487. The molecule has 4 heterocycles. The Hall–Kier alpha value is -8.61. The minimum absolute atomic E-state index is 0.0462. The minimum Gasteiger partial charge on any atom is -0.456 e. The molecule has 0 saturated carbocycles. The summed E-state index contributed by atoms with van der Waals surface area (Å²) in [6.45, 7) is 0. The number of rotatable bonds is 6. The van der Waals surface area contributed by atoms with Crippen molar-refractivity contribution in [1.82, 2.24) is 19.5 Å². The third kappa shape index (κ3) is 5.69. The van der Waals surface area contributed by atoms with Gasteiger partial charge in [0.2, 0.25) is 5.95 Å². The van der Waals surface area contributed by atoms with Gasteiger partial charge in [0.25, 0.3) is 0 Å². The number of benzene rings is 9. The standard InChI is InChI=1S/C57H34N4O2/c1-4-13-35(14-5-1)37-23-25-39(26-24-37)55-58-56(41-28-30-46-51(34-41)62-50-22-12-20-42(52(46)50)38-17-8-3-9-18-38)60-57(59-55)61-47-32-31-44-43-19-10-11-21-49(43)63-54(44)53(47)45-29-27-40(33-48(45)61)36-15-6-2-7-16-36/h1-34H/i3D,8D,9D,17D,18D,23D,24D,25D,26D. The van der Waals surface area contributed by atoms with Gasteiger partial charge in [0.15, 0.2) is 11.6 Å². The van der Waals surface area contributed by atoms with Crippen LogP contribution in [0, 0.1) is 0 Å². The third-order valence-electron chi connectivity index (χ3n) is 11.6. The van der Waals surface area contributed by atoms with E-state index in [1.165, 1.54) is 0 Å². The molecule has 4 aromatic heterocycles. The van der Waals surface area contributed by atoms with E-state index in [4.69, 9.17) is 30.6 Å². The van der Waals surface area contributed by atoms with Gasteiger partial charge >= 0.3 is 0 Å². The monoisotopic (exact) mass is 815 g/mol. The third-order valence-corrected chi connectivity index (χ3v) is 11.6. The van der Waals surface area contributed by atoms with E-state index in [2.05, 4.69) is 18.2 Å². The van der Waals surface area contributed by atoms with Crippen LogP contribution in [-0.4, -0.2) is 19.5 Å². The van der Waals surface area contributed by atoms with E-state index in [0.717, 1.165) is 43.8 Å². The van der Waals surface area contributed by atoms with Crippen molar-refractivity contribution in [3.05, 3.63) is 206 Å². The maximum Gasteiger partial charge on any atom is 0.238 e. The summed E-state index contributed by atoms with van der Waals surface area (Å²) in [7, 11) is 0. The topological polar surface area (TPSA) is 69.9 Å². The number of fused-ring (bicyclic) bond motifs is 10. The van der Waals surface area contributed by atoms with Crippen molar-refractivity contribution in [2.24, 2.45) is 0 Å². The molecule has 0 bridgehead atoms. The molecule has 0 amide bonds. The maximum atomic E-state index is 9.45. The molecule has 0 spiro atoms. The molecule has 63 heavy (non-hydrogen) atoms. The quantitative estimate of drug-likeness (QED) is 0.167. The van der Waals surface area contributed by atoms with Gasteiger partial charge in [-0.05, 0) is 75.8 Å². The van der Waals surface area contributed by atoms with Gasteiger partial charge in [-0.1, -0.05) is 164 Å². The normalized spacial score (nSPS) is 13.8. The molecule has 294 valence electrons. The average Bonchev–Trinajstić information content (AvgIpc) is 4.09. The summed E-state index contributed by atoms with van der Waals surface area (Å²) in [6.07, 6.45) is 0. The van der Waals surface area contributed by atoms with Gasteiger partial charge in [-0.15, -0.1) is 0 Å². The summed E-state index contributed by atoms with van der Waals surface area (Å²) < 4.78 is 95.0. The van der Waals surface area contributed by atoms with Crippen LogP contribution in [-0.2, 0) is 0 Å². The van der Waals surface area contributed by atoms with Crippen molar-refractivity contribution in [2.45, 2.75) is 0 Å². The zero-order valence-electron chi connectivity index (χ0n) is 42.0. The van der Waals surface area contributed by atoms with Crippen molar-refractivity contribution in [3.8, 4) is 62.1 Å². The zero-order valence-corrected chi connectivity index (χ0v) is 33.0. The summed E-state index contributed by atoms with van der Waals surface area (Å²) >= 11 is 0. The molecule has 0 aliphatic heterocycles. The van der Waals surface area contributed by atoms with Gasteiger partial charge in [-0.25, -0.2) is 4.98 Å². The zero-order chi connectivity index (χ0) is 49.3. The van der Waals surface area contributed by atoms with Gasteiger partial charge in [0.05, 0.1) is 28.8 Å². The van der Waals surface area contributed by atoms with Crippen molar-refractivity contribution in [2.75, 3.05) is 0 Å². The van der Waals surface area contributed by atoms with E-state index in [1.807, 2.05) is 77.4 Å². The Morgan fingerprint density at radius 3 is 1.86 bits per heavy atom. The molecular weight excluding hydrogens is 773 g/mol. The lowest BCUT2D eigenvalue weighted by Gasteiger charge is -2.12. The molecule has 0 fully saturated rings. The van der Waals surface area contributed by atoms with E-state index in [9.17, 15) is 5.48 Å². The highest BCUT2D eigenvalue weighted by molar-refractivity contribution is 6.24. The number of hydrogen-bond acceptors (Lipinski definition) is 5. The molecule has 0 aliphatic rings. The van der Waals surface area contributed by atoms with Gasteiger partial charge < -0.3 is 8.83 Å². The summed E-state index contributed by atoms with van der Waals surface area (Å²) in [4.78, 5) is 15.2. The number of para-hydroxylation sites is 1. The Kier molecular flexibility index (Phi) is 6.05. The molecular formula is C57H34N4O2. The van der Waals surface area contributed by atoms with Crippen LogP contribution in [0.5, 0.6) is 0 Å². The van der Waals surface area contributed by atoms with Crippen LogP contribution in [0.25, 0.3) is 128 Å². The van der Waals surface area contributed by atoms with Gasteiger partial charge in [0.1, 0.15) is 22.3 Å². The Balaban J connectivity index is 1.10. The highest BCUT2D eigenvalue weighted by Gasteiger charge is 2.23. The average molecular weight is 816 g/mol. The second-order valence-electron chi connectivity index (χ2n) is 15.3. The Labute approximate surface area is 373 Å². The first-order valence-electron chi connectivity index (χ1n) is 24.9. The predicted octanol–water partition coefficient (Wildman–Crippen LogP) is 15.1. The molecule has 9 aromatic carbocycles. The van der Waals surface area contributed by atoms with Crippen molar-refractivity contribution in [3.63, 3.8) is 0 Å². The van der Waals surface area contributed by atoms with Gasteiger partial charge in [-0.3, -0.25) is 4.57 Å². The Morgan fingerprint density at radius 1 is 0.381 bits per heavy atom. The van der Waals surface area contributed by atoms with Crippen molar-refractivity contribution in [1.29, 1.82) is 0 Å². The van der Waals surface area contributed by atoms with Crippen LogP contribution < -0.4 is 0 Å². The van der Waals surface area contributed by atoms with Crippen LogP contribution in [0.3, 0.4) is 0 Å². The van der Waals surface area contributed by atoms with Crippen molar-refractivity contribution >= 4 is 65.7 Å². The van der Waals surface area contributed by atoms with Gasteiger partial charge in [0, 0.05) is 38.1 Å². The van der Waals surface area contributed by atoms with Crippen molar-refractivity contribution < 1.29 is 21.2 Å². The van der Waals surface area contributed by atoms with E-state index in [1.54, 1.807) is 60.7 Å². The molecule has 6 nitrogen and oxygen atoms in total. The first-order chi connectivity index (χ1) is 35.0. The lowest BCUT2D eigenvalue weighted by atomic mass is 9.99. The summed E-state index contributed by atoms with van der Waals surface area (Å²) in [5.41, 5.74) is 7.03. The fourth-order valence-electron chi connectivity index (χ4n) is 8.75. The summed E-state index contributed by atoms with van der Waals surface area (Å²) in [5.74, 6) is 0.165. The first kappa shape index (κ1) is 27.3. The molecule has 0 atom stereocenters. The number of nitrogens with zero attached hydrogens (tertiary/aromatic N) is 4. The van der Waals surface area contributed by atoms with Crippen LogP contribution >= 0.6 is 0 Å². The summed E-state index contributed by atoms with van der Waals surface area (Å²) in [6, 6.07) is 44.2. The number of aromatic nitrogens is 4. The van der Waals surface area contributed by atoms with E-state index in [0.29, 0.717) is 49.7 Å². The Bertz CT molecular complexity index is 4400. The van der Waals surface area contributed by atoms with Crippen LogP contribution in [0.15, 0.2) is 215 Å². The number of hydrogen-bond donors (Lipinski definition) is 0. The SMILES string of the molecule is [2H]c1c([2H])c([2H])c(-c2cccc3oc4cc(-c5nc(-c6c([2H])c([2H])c(-c7ccccc7)c([2H])c6[2H])nc(-n6c7cc(-c8ccccc8)ccc7c7c8oc9ccccc9c8ccc76)n5)ccc4c23)c([2H])c1[2H]. The second kappa shape index (κ2) is 14.0. The maximum absolute atomic E-state index is 9.45. The fourth-order valence-corrected chi connectivity index (χ4v) is 8.75. The predicted molar refractivity (Wildman–Crippen MR) is 256 cm³/mol. The van der Waals surface area contributed by atoms with E-state index in [-0.39, 0.29) is 70.5 Å². The molecule has 0 unspecified atom stereocenters.